The van der Waals surface area contributed by atoms with E-state index in [-0.39, 0.29) is 0 Å². The summed E-state index contributed by atoms with van der Waals surface area (Å²) in [5.74, 6) is 0. The molecule has 0 bridgehead atoms. The monoisotopic (exact) mass is 219 g/mol. The standard InChI is InChI=1S/C13H17NS/c1-2-3-6-10-14-11-9-12-7-4-5-8-13(12)15-14/h4-5,7-9,11H,2-3,6,10H2,1H3. The zero-order valence-corrected chi connectivity index (χ0v) is 9.96. The zero-order valence-electron chi connectivity index (χ0n) is 9.15. The summed E-state index contributed by atoms with van der Waals surface area (Å²) >= 11 is 1.85. The van der Waals surface area contributed by atoms with Crippen molar-refractivity contribution < 1.29 is 0 Å². The van der Waals surface area contributed by atoms with E-state index in [0.717, 1.165) is 6.54 Å². The molecule has 1 nitrogen and oxygen atoms in total. The number of hydrogen-bond donors (Lipinski definition) is 0. The van der Waals surface area contributed by atoms with Gasteiger partial charge < -0.3 is 4.31 Å². The molecule has 15 heavy (non-hydrogen) atoms. The summed E-state index contributed by atoms with van der Waals surface area (Å²) in [6.07, 6.45) is 8.31. The van der Waals surface area contributed by atoms with Crippen molar-refractivity contribution in [2.24, 2.45) is 0 Å². The second kappa shape index (κ2) is 5.26. The van der Waals surface area contributed by atoms with Gasteiger partial charge in [0.15, 0.2) is 0 Å². The lowest BCUT2D eigenvalue weighted by atomic mass is 10.2. The Labute approximate surface area is 96.3 Å². The van der Waals surface area contributed by atoms with Crippen LogP contribution >= 0.6 is 11.9 Å². The SMILES string of the molecule is CCCCCN1C=Cc2ccccc2S1. The van der Waals surface area contributed by atoms with E-state index >= 15 is 0 Å². The first-order valence-electron chi connectivity index (χ1n) is 5.62. The van der Waals surface area contributed by atoms with Crippen molar-refractivity contribution in [2.75, 3.05) is 6.54 Å². The van der Waals surface area contributed by atoms with Crippen LogP contribution in [0.1, 0.15) is 31.7 Å². The maximum atomic E-state index is 2.33. The van der Waals surface area contributed by atoms with Gasteiger partial charge in [-0.3, -0.25) is 0 Å². The minimum Gasteiger partial charge on any atom is -0.319 e. The molecule has 2 heteroatoms. The van der Waals surface area contributed by atoms with Crippen LogP contribution < -0.4 is 0 Å². The lowest BCUT2D eigenvalue weighted by Gasteiger charge is -2.23. The van der Waals surface area contributed by atoms with Crippen LogP contribution in [-0.4, -0.2) is 10.8 Å². The van der Waals surface area contributed by atoms with Gasteiger partial charge in [-0.1, -0.05) is 38.0 Å². The fourth-order valence-electron chi connectivity index (χ4n) is 1.66. The van der Waals surface area contributed by atoms with Gasteiger partial charge in [0.05, 0.1) is 0 Å². The molecule has 0 radical (unpaired) electrons. The Hall–Kier alpha value is -0.890. The molecular weight excluding hydrogens is 202 g/mol. The average Bonchev–Trinajstić information content (AvgIpc) is 2.29. The second-order valence-electron chi connectivity index (χ2n) is 3.79. The molecular formula is C13H17NS. The molecule has 1 aromatic carbocycles. The summed E-state index contributed by atoms with van der Waals surface area (Å²) in [5.41, 5.74) is 1.34. The van der Waals surface area contributed by atoms with E-state index in [1.165, 1.54) is 29.7 Å². The number of rotatable bonds is 4. The molecule has 0 fully saturated rings. The quantitative estimate of drug-likeness (QED) is 0.552. The summed E-state index contributed by atoms with van der Waals surface area (Å²) in [7, 11) is 0. The molecule has 0 N–H and O–H groups in total. The van der Waals surface area contributed by atoms with E-state index in [9.17, 15) is 0 Å². The van der Waals surface area contributed by atoms with Crippen LogP contribution in [0, 0.1) is 0 Å². The summed E-state index contributed by atoms with van der Waals surface area (Å²) in [4.78, 5) is 1.37. The Morgan fingerprint density at radius 2 is 2.07 bits per heavy atom. The number of fused-ring (bicyclic) bond motifs is 1. The highest BCUT2D eigenvalue weighted by Gasteiger charge is 2.09. The van der Waals surface area contributed by atoms with E-state index in [1.807, 2.05) is 11.9 Å². The molecule has 80 valence electrons. The Balaban J connectivity index is 1.94. The van der Waals surface area contributed by atoms with E-state index in [0.29, 0.717) is 0 Å². The first-order valence-corrected chi connectivity index (χ1v) is 6.39. The van der Waals surface area contributed by atoms with Crippen molar-refractivity contribution >= 4 is 18.0 Å². The Kier molecular flexibility index (Phi) is 3.73. The van der Waals surface area contributed by atoms with E-state index < -0.39 is 0 Å². The molecule has 0 saturated carbocycles. The van der Waals surface area contributed by atoms with Gasteiger partial charge in [-0.2, -0.15) is 0 Å². The minimum atomic E-state index is 1.16. The number of unbranched alkanes of at least 4 members (excludes halogenated alkanes) is 2. The highest BCUT2D eigenvalue weighted by molar-refractivity contribution is 7.97. The smallest absolute Gasteiger partial charge is 0.0359 e. The number of benzene rings is 1. The van der Waals surface area contributed by atoms with Crippen molar-refractivity contribution in [1.82, 2.24) is 4.31 Å². The molecule has 1 aliphatic heterocycles. The Morgan fingerprint density at radius 3 is 2.93 bits per heavy atom. The van der Waals surface area contributed by atoms with Crippen LogP contribution in [-0.2, 0) is 0 Å². The lowest BCUT2D eigenvalue weighted by molar-refractivity contribution is 0.561. The molecule has 0 atom stereocenters. The Bertz CT molecular complexity index is 346. The molecule has 0 unspecified atom stereocenters. The maximum Gasteiger partial charge on any atom is 0.0359 e. The topological polar surface area (TPSA) is 3.24 Å². The molecule has 0 amide bonds. The predicted molar refractivity (Wildman–Crippen MR) is 67.6 cm³/mol. The van der Waals surface area contributed by atoms with Gasteiger partial charge in [0.2, 0.25) is 0 Å². The van der Waals surface area contributed by atoms with E-state index in [1.54, 1.807) is 0 Å². The van der Waals surface area contributed by atoms with Gasteiger partial charge >= 0.3 is 0 Å². The van der Waals surface area contributed by atoms with Crippen LogP contribution in [0.4, 0.5) is 0 Å². The molecule has 2 rings (SSSR count). The lowest BCUT2D eigenvalue weighted by Crippen LogP contribution is -2.12. The number of nitrogens with zero attached hydrogens (tertiary/aromatic N) is 1. The average molecular weight is 219 g/mol. The van der Waals surface area contributed by atoms with E-state index in [2.05, 4.69) is 47.8 Å². The van der Waals surface area contributed by atoms with Gasteiger partial charge in [-0.05, 0) is 36.1 Å². The van der Waals surface area contributed by atoms with Crippen LogP contribution in [0.15, 0.2) is 35.4 Å². The summed E-state index contributed by atoms with van der Waals surface area (Å²) in [6, 6.07) is 8.56. The van der Waals surface area contributed by atoms with Crippen LogP contribution in [0.5, 0.6) is 0 Å². The van der Waals surface area contributed by atoms with Crippen molar-refractivity contribution in [3.63, 3.8) is 0 Å². The van der Waals surface area contributed by atoms with Crippen molar-refractivity contribution in [3.05, 3.63) is 36.0 Å². The third-order valence-corrected chi connectivity index (χ3v) is 3.64. The molecule has 1 aliphatic rings. The van der Waals surface area contributed by atoms with Crippen LogP contribution in [0.2, 0.25) is 0 Å². The molecule has 1 heterocycles. The number of hydrogen-bond acceptors (Lipinski definition) is 2. The highest BCUT2D eigenvalue weighted by Crippen LogP contribution is 2.31. The van der Waals surface area contributed by atoms with Crippen molar-refractivity contribution in [3.8, 4) is 0 Å². The van der Waals surface area contributed by atoms with Gasteiger partial charge in [0.25, 0.3) is 0 Å². The normalized spacial score (nSPS) is 14.1. The fourth-order valence-corrected chi connectivity index (χ4v) is 2.64. The molecule has 0 aliphatic carbocycles. The second-order valence-corrected chi connectivity index (χ2v) is 4.88. The van der Waals surface area contributed by atoms with Gasteiger partial charge in [-0.25, -0.2) is 0 Å². The summed E-state index contributed by atoms with van der Waals surface area (Å²) in [5, 5.41) is 0. The molecule has 0 spiro atoms. The van der Waals surface area contributed by atoms with Gasteiger partial charge in [-0.15, -0.1) is 0 Å². The summed E-state index contributed by atoms with van der Waals surface area (Å²) < 4.78 is 2.33. The third kappa shape index (κ3) is 2.78. The first kappa shape index (κ1) is 10.6. The van der Waals surface area contributed by atoms with Crippen LogP contribution in [0.3, 0.4) is 0 Å². The molecule has 0 saturated heterocycles. The highest BCUT2D eigenvalue weighted by atomic mass is 32.2. The Morgan fingerprint density at radius 1 is 1.20 bits per heavy atom. The minimum absolute atomic E-state index is 1.16. The fraction of sp³-hybridized carbons (Fsp3) is 0.385. The first-order chi connectivity index (χ1) is 7.40. The van der Waals surface area contributed by atoms with Gasteiger partial charge in [0, 0.05) is 17.6 Å². The zero-order chi connectivity index (χ0) is 10.5. The van der Waals surface area contributed by atoms with Crippen LogP contribution in [0.25, 0.3) is 6.08 Å². The third-order valence-electron chi connectivity index (χ3n) is 2.54. The maximum absolute atomic E-state index is 2.33. The van der Waals surface area contributed by atoms with E-state index in [4.69, 9.17) is 0 Å². The summed E-state index contributed by atoms with van der Waals surface area (Å²) in [6.45, 7) is 3.40. The van der Waals surface area contributed by atoms with Gasteiger partial charge in [0.1, 0.15) is 0 Å². The van der Waals surface area contributed by atoms with Crippen molar-refractivity contribution in [2.45, 2.75) is 31.1 Å². The predicted octanol–water partition coefficient (Wildman–Crippen LogP) is 4.17. The largest absolute Gasteiger partial charge is 0.319 e. The molecule has 0 aromatic heterocycles. The van der Waals surface area contributed by atoms with Crippen molar-refractivity contribution in [1.29, 1.82) is 0 Å². The molecule has 1 aromatic rings.